The molecule has 1 aromatic rings. The first kappa shape index (κ1) is 7.18. The molecule has 0 saturated carbocycles. The Hall–Kier alpha value is -0.930. The second-order valence-electron chi connectivity index (χ2n) is 1.94. The van der Waals surface area contributed by atoms with Crippen LogP contribution in [-0.2, 0) is 5.88 Å². The smallest absolute Gasteiger partial charge is 0.0486 e. The molecule has 0 nitrogen and oxygen atoms in total. The molecule has 0 aliphatic carbocycles. The quantitative estimate of drug-likeness (QED) is 0.426. The van der Waals surface area contributed by atoms with Gasteiger partial charge in [0.25, 0.3) is 0 Å². The van der Waals surface area contributed by atoms with Gasteiger partial charge in [-0.2, -0.15) is 0 Å². The van der Waals surface area contributed by atoms with E-state index in [-0.39, 0.29) is 0 Å². The second-order valence-corrected chi connectivity index (χ2v) is 2.20. The van der Waals surface area contributed by atoms with E-state index in [1.54, 1.807) is 0 Å². The normalized spacial score (nSPS) is 8.80. The third-order valence-electron chi connectivity index (χ3n) is 1.32. The Morgan fingerprint density at radius 1 is 1.40 bits per heavy atom. The van der Waals surface area contributed by atoms with E-state index in [2.05, 4.69) is 5.92 Å². The minimum atomic E-state index is 0.486. The van der Waals surface area contributed by atoms with Gasteiger partial charge in [-0.05, 0) is 11.6 Å². The third kappa shape index (κ3) is 1.32. The number of benzene rings is 1. The lowest BCUT2D eigenvalue weighted by Gasteiger charge is -1.96. The van der Waals surface area contributed by atoms with Crippen LogP contribution in [0.4, 0.5) is 0 Å². The van der Waals surface area contributed by atoms with Crippen LogP contribution in [0, 0.1) is 12.3 Å². The molecule has 0 N–H and O–H groups in total. The van der Waals surface area contributed by atoms with Crippen LogP contribution < -0.4 is 0 Å². The van der Waals surface area contributed by atoms with Crippen LogP contribution in [-0.4, -0.2) is 0 Å². The molecule has 1 rings (SSSR count). The van der Waals surface area contributed by atoms with Gasteiger partial charge in [0.2, 0.25) is 0 Å². The first-order valence-electron chi connectivity index (χ1n) is 2.99. The fourth-order valence-electron chi connectivity index (χ4n) is 0.778. The van der Waals surface area contributed by atoms with Crippen molar-refractivity contribution in [3.63, 3.8) is 0 Å². The molecule has 0 bridgehead atoms. The fraction of sp³-hybridized carbons (Fsp3) is 0.111. The monoisotopic (exact) mass is 150 g/mol. The van der Waals surface area contributed by atoms with Crippen LogP contribution in [0.2, 0.25) is 0 Å². The maximum absolute atomic E-state index is 5.62. The zero-order chi connectivity index (χ0) is 7.40. The van der Waals surface area contributed by atoms with Gasteiger partial charge in [-0.25, -0.2) is 0 Å². The van der Waals surface area contributed by atoms with E-state index in [1.165, 1.54) is 0 Å². The van der Waals surface area contributed by atoms with E-state index in [0.717, 1.165) is 11.1 Å². The highest BCUT2D eigenvalue weighted by Gasteiger charge is 1.93. The molecule has 0 unspecified atom stereocenters. The molecule has 0 radical (unpaired) electrons. The molecule has 0 fully saturated rings. The van der Waals surface area contributed by atoms with Gasteiger partial charge in [0.15, 0.2) is 0 Å². The number of terminal acetylenes is 1. The van der Waals surface area contributed by atoms with Gasteiger partial charge in [-0.15, -0.1) is 18.0 Å². The van der Waals surface area contributed by atoms with Crippen LogP contribution in [0.5, 0.6) is 0 Å². The summed E-state index contributed by atoms with van der Waals surface area (Å²) in [5, 5.41) is 0. The first-order chi connectivity index (χ1) is 4.88. The van der Waals surface area contributed by atoms with Gasteiger partial charge >= 0.3 is 0 Å². The molecule has 1 aromatic carbocycles. The molecular weight excluding hydrogens is 144 g/mol. The SMILES string of the molecule is C#Cc1ccccc1CCl. The summed E-state index contributed by atoms with van der Waals surface area (Å²) < 4.78 is 0. The number of hydrogen-bond donors (Lipinski definition) is 0. The van der Waals surface area contributed by atoms with E-state index in [1.807, 2.05) is 24.3 Å². The Labute approximate surface area is 65.8 Å². The summed E-state index contributed by atoms with van der Waals surface area (Å²) in [5.74, 6) is 3.05. The Morgan fingerprint density at radius 2 is 2.10 bits per heavy atom. The molecule has 0 saturated heterocycles. The van der Waals surface area contributed by atoms with Crippen LogP contribution >= 0.6 is 11.6 Å². The van der Waals surface area contributed by atoms with Crippen molar-refractivity contribution in [2.45, 2.75) is 5.88 Å². The fourth-order valence-corrected chi connectivity index (χ4v) is 1.01. The number of alkyl halides is 1. The van der Waals surface area contributed by atoms with Crippen molar-refractivity contribution >= 4 is 11.6 Å². The number of rotatable bonds is 1. The summed E-state index contributed by atoms with van der Waals surface area (Å²) >= 11 is 5.62. The Balaban J connectivity index is 3.12. The summed E-state index contributed by atoms with van der Waals surface area (Å²) in [6.07, 6.45) is 5.22. The number of hydrogen-bond acceptors (Lipinski definition) is 0. The molecule has 10 heavy (non-hydrogen) atoms. The van der Waals surface area contributed by atoms with Crippen molar-refractivity contribution in [1.82, 2.24) is 0 Å². The van der Waals surface area contributed by atoms with Crippen molar-refractivity contribution in [3.8, 4) is 12.3 Å². The highest BCUT2D eigenvalue weighted by molar-refractivity contribution is 6.17. The molecule has 0 aromatic heterocycles. The molecule has 0 atom stereocenters. The predicted molar refractivity (Wildman–Crippen MR) is 43.9 cm³/mol. The predicted octanol–water partition coefficient (Wildman–Crippen LogP) is 2.41. The molecule has 0 aliphatic heterocycles. The molecule has 0 heterocycles. The average molecular weight is 151 g/mol. The Morgan fingerprint density at radius 3 is 2.60 bits per heavy atom. The minimum Gasteiger partial charge on any atom is -0.122 e. The Kier molecular flexibility index (Phi) is 2.36. The van der Waals surface area contributed by atoms with E-state index < -0.39 is 0 Å². The summed E-state index contributed by atoms with van der Waals surface area (Å²) in [6.45, 7) is 0. The topological polar surface area (TPSA) is 0 Å². The zero-order valence-corrected chi connectivity index (χ0v) is 6.23. The molecule has 0 aliphatic rings. The van der Waals surface area contributed by atoms with Crippen molar-refractivity contribution < 1.29 is 0 Å². The van der Waals surface area contributed by atoms with Crippen LogP contribution in [0.15, 0.2) is 24.3 Å². The standard InChI is InChI=1S/C9H7Cl/c1-2-8-5-3-4-6-9(8)7-10/h1,3-6H,7H2. The minimum absolute atomic E-state index is 0.486. The van der Waals surface area contributed by atoms with Gasteiger partial charge in [-0.1, -0.05) is 24.1 Å². The van der Waals surface area contributed by atoms with Gasteiger partial charge in [0, 0.05) is 11.4 Å². The van der Waals surface area contributed by atoms with Crippen molar-refractivity contribution in [1.29, 1.82) is 0 Å². The average Bonchev–Trinajstić information content (AvgIpc) is 2.04. The van der Waals surface area contributed by atoms with Crippen LogP contribution in [0.3, 0.4) is 0 Å². The number of halogens is 1. The molecule has 0 spiro atoms. The van der Waals surface area contributed by atoms with Crippen LogP contribution in [0.1, 0.15) is 11.1 Å². The van der Waals surface area contributed by atoms with Gasteiger partial charge < -0.3 is 0 Å². The molecule has 50 valence electrons. The van der Waals surface area contributed by atoms with Gasteiger partial charge in [-0.3, -0.25) is 0 Å². The second kappa shape index (κ2) is 3.29. The highest BCUT2D eigenvalue weighted by Crippen LogP contribution is 2.08. The maximum Gasteiger partial charge on any atom is 0.0486 e. The van der Waals surface area contributed by atoms with Gasteiger partial charge in [0.1, 0.15) is 0 Å². The van der Waals surface area contributed by atoms with E-state index >= 15 is 0 Å². The van der Waals surface area contributed by atoms with Gasteiger partial charge in [0.05, 0.1) is 0 Å². The lowest BCUT2D eigenvalue weighted by molar-refractivity contribution is 1.38. The summed E-state index contributed by atoms with van der Waals surface area (Å²) in [4.78, 5) is 0. The largest absolute Gasteiger partial charge is 0.122 e. The van der Waals surface area contributed by atoms with Crippen LogP contribution in [0.25, 0.3) is 0 Å². The zero-order valence-electron chi connectivity index (χ0n) is 5.47. The summed E-state index contributed by atoms with van der Waals surface area (Å²) in [6, 6.07) is 7.66. The Bertz CT molecular complexity index is 258. The molecular formula is C9H7Cl. The molecule has 1 heteroatoms. The highest BCUT2D eigenvalue weighted by atomic mass is 35.5. The van der Waals surface area contributed by atoms with E-state index in [9.17, 15) is 0 Å². The molecule has 0 amide bonds. The lowest BCUT2D eigenvalue weighted by Crippen LogP contribution is -1.82. The maximum atomic E-state index is 5.62. The van der Waals surface area contributed by atoms with Crippen molar-refractivity contribution in [2.24, 2.45) is 0 Å². The lowest BCUT2D eigenvalue weighted by atomic mass is 10.1. The third-order valence-corrected chi connectivity index (χ3v) is 1.60. The van der Waals surface area contributed by atoms with Crippen molar-refractivity contribution in [3.05, 3.63) is 35.4 Å². The van der Waals surface area contributed by atoms with E-state index in [0.29, 0.717) is 5.88 Å². The summed E-state index contributed by atoms with van der Waals surface area (Å²) in [5.41, 5.74) is 1.91. The summed E-state index contributed by atoms with van der Waals surface area (Å²) in [7, 11) is 0. The van der Waals surface area contributed by atoms with E-state index in [4.69, 9.17) is 18.0 Å². The first-order valence-corrected chi connectivity index (χ1v) is 3.52. The van der Waals surface area contributed by atoms with Crippen molar-refractivity contribution in [2.75, 3.05) is 0 Å².